The Kier molecular flexibility index (Phi) is 12.6. The Bertz CT molecular complexity index is 1260. The first-order chi connectivity index (χ1) is 19.8. The molecular weight excluding hydrogens is 512 g/mol. The summed E-state index contributed by atoms with van der Waals surface area (Å²) in [5.41, 5.74) is 6.35. The quantitative estimate of drug-likeness (QED) is 0.183. The molecule has 3 rings (SSSR count). The number of rotatable bonds is 13. The van der Waals surface area contributed by atoms with Crippen LogP contribution in [-0.4, -0.2) is 65.6 Å². The fourth-order valence-electron chi connectivity index (χ4n) is 4.97. The summed E-state index contributed by atoms with van der Waals surface area (Å²) in [4.78, 5) is 32.4. The first-order valence-corrected chi connectivity index (χ1v) is 14.4. The zero-order valence-electron chi connectivity index (χ0n) is 25.0. The first kappa shape index (κ1) is 31.6. The van der Waals surface area contributed by atoms with Crippen molar-refractivity contribution in [2.75, 3.05) is 26.7 Å². The van der Waals surface area contributed by atoms with Gasteiger partial charge >= 0.3 is 0 Å². The molecule has 2 aliphatic rings. The smallest absolute Gasteiger partial charge is 0.255 e. The number of nitrogens with zero attached hydrogens (tertiary/aromatic N) is 5. The van der Waals surface area contributed by atoms with E-state index in [1.54, 1.807) is 7.05 Å². The van der Waals surface area contributed by atoms with Gasteiger partial charge in [-0.15, -0.1) is 0 Å². The van der Waals surface area contributed by atoms with Crippen molar-refractivity contribution in [1.29, 1.82) is 0 Å². The van der Waals surface area contributed by atoms with Crippen molar-refractivity contribution in [3.8, 4) is 0 Å². The van der Waals surface area contributed by atoms with Crippen molar-refractivity contribution in [3.63, 3.8) is 0 Å². The van der Waals surface area contributed by atoms with Crippen LogP contribution in [0.2, 0.25) is 0 Å². The summed E-state index contributed by atoms with van der Waals surface area (Å²) in [5.74, 6) is 0.523. The molecular formula is C33H44N6O2. The molecule has 1 unspecified atom stereocenters. The van der Waals surface area contributed by atoms with Crippen molar-refractivity contribution >= 4 is 18.0 Å². The molecule has 0 spiro atoms. The highest BCUT2D eigenvalue weighted by Gasteiger charge is 2.29. The van der Waals surface area contributed by atoms with Gasteiger partial charge in [0.05, 0.1) is 34.5 Å². The molecule has 1 heterocycles. The summed E-state index contributed by atoms with van der Waals surface area (Å²) in [6, 6.07) is 0.161. The first-order valence-electron chi connectivity index (χ1n) is 14.4. The van der Waals surface area contributed by atoms with E-state index in [1.807, 2.05) is 20.0 Å². The fraction of sp³-hybridized carbons (Fsp3) is 0.424. The van der Waals surface area contributed by atoms with Gasteiger partial charge in [0.2, 0.25) is 0 Å². The summed E-state index contributed by atoms with van der Waals surface area (Å²) >= 11 is 0. The fourth-order valence-corrected chi connectivity index (χ4v) is 4.97. The van der Waals surface area contributed by atoms with E-state index in [1.165, 1.54) is 18.3 Å². The van der Waals surface area contributed by atoms with Gasteiger partial charge in [0.25, 0.3) is 5.91 Å². The van der Waals surface area contributed by atoms with E-state index in [-0.39, 0.29) is 11.9 Å². The van der Waals surface area contributed by atoms with E-state index in [9.17, 15) is 4.79 Å². The summed E-state index contributed by atoms with van der Waals surface area (Å²) < 4.78 is 5.52. The Labute approximate surface area is 245 Å². The number of aliphatic imine (C=N–C) groups is 2. The molecule has 218 valence electrons. The average molecular weight is 557 g/mol. The summed E-state index contributed by atoms with van der Waals surface area (Å²) in [5, 5.41) is 3.03. The number of ether oxygens (including phenoxy) is 1. The molecule has 41 heavy (non-hydrogen) atoms. The van der Waals surface area contributed by atoms with E-state index in [0.717, 1.165) is 62.1 Å². The van der Waals surface area contributed by atoms with Crippen LogP contribution in [-0.2, 0) is 4.74 Å². The minimum absolute atomic E-state index is 0.157. The van der Waals surface area contributed by atoms with Crippen LogP contribution >= 0.6 is 0 Å². The predicted molar refractivity (Wildman–Crippen MR) is 168 cm³/mol. The van der Waals surface area contributed by atoms with Gasteiger partial charge in [0.15, 0.2) is 6.40 Å². The van der Waals surface area contributed by atoms with E-state index >= 15 is 0 Å². The largest absolute Gasteiger partial charge is 0.451 e. The van der Waals surface area contributed by atoms with Crippen molar-refractivity contribution in [2.45, 2.75) is 65.3 Å². The number of hydrogen-bond acceptors (Lipinski definition) is 7. The highest BCUT2D eigenvalue weighted by atomic mass is 16.5. The summed E-state index contributed by atoms with van der Waals surface area (Å²) in [7, 11) is 1.68. The van der Waals surface area contributed by atoms with Gasteiger partial charge in [-0.3, -0.25) is 19.7 Å². The highest BCUT2D eigenvalue weighted by molar-refractivity contribution is 6.04. The molecule has 0 saturated heterocycles. The van der Waals surface area contributed by atoms with Crippen LogP contribution in [0.4, 0.5) is 0 Å². The number of allylic oxidation sites excluding steroid dienone is 3. The Hall–Kier alpha value is -3.91. The van der Waals surface area contributed by atoms with Crippen LogP contribution in [0.3, 0.4) is 0 Å². The molecule has 1 aromatic rings. The topological polar surface area (TPSA) is 92.1 Å². The Morgan fingerprint density at radius 3 is 2.68 bits per heavy atom. The van der Waals surface area contributed by atoms with Crippen LogP contribution in [0.5, 0.6) is 0 Å². The lowest BCUT2D eigenvalue weighted by atomic mass is 9.88. The van der Waals surface area contributed by atoms with Crippen LogP contribution in [0.15, 0.2) is 88.5 Å². The van der Waals surface area contributed by atoms with Gasteiger partial charge in [-0.2, -0.15) is 0 Å². The van der Waals surface area contributed by atoms with Gasteiger partial charge in [0.1, 0.15) is 6.33 Å². The second-order valence-corrected chi connectivity index (χ2v) is 10.3. The molecule has 1 fully saturated rings. The summed E-state index contributed by atoms with van der Waals surface area (Å²) in [6.45, 7) is 16.1. The Morgan fingerprint density at radius 2 is 1.95 bits per heavy atom. The molecule has 1 amide bonds. The van der Waals surface area contributed by atoms with Gasteiger partial charge in [-0.05, 0) is 62.7 Å². The maximum Gasteiger partial charge on any atom is 0.255 e. The molecule has 1 aromatic heterocycles. The molecule has 0 aromatic carbocycles. The molecule has 8 heteroatoms. The third kappa shape index (κ3) is 9.60. The molecule has 0 bridgehead atoms. The number of aromatic nitrogens is 2. The Morgan fingerprint density at radius 1 is 1.22 bits per heavy atom. The zero-order valence-corrected chi connectivity index (χ0v) is 25.0. The second kappa shape index (κ2) is 16.4. The van der Waals surface area contributed by atoms with Gasteiger partial charge in [-0.1, -0.05) is 50.5 Å². The lowest BCUT2D eigenvalue weighted by molar-refractivity contribution is 0.0955. The lowest BCUT2D eigenvalue weighted by Gasteiger charge is -2.36. The Balaban J connectivity index is 1.72. The van der Waals surface area contributed by atoms with Crippen LogP contribution in [0.25, 0.3) is 0 Å². The van der Waals surface area contributed by atoms with Gasteiger partial charge < -0.3 is 10.1 Å². The predicted octanol–water partition coefficient (Wildman–Crippen LogP) is 5.99. The number of hydrogen-bond donors (Lipinski definition) is 1. The monoisotopic (exact) mass is 556 g/mol. The molecule has 1 N–H and O–H groups in total. The van der Waals surface area contributed by atoms with Crippen LogP contribution < -0.4 is 5.32 Å². The lowest BCUT2D eigenvalue weighted by Crippen LogP contribution is -2.45. The summed E-state index contributed by atoms with van der Waals surface area (Å²) in [6.07, 6.45) is 21.0. The maximum absolute atomic E-state index is 12.8. The van der Waals surface area contributed by atoms with Gasteiger partial charge in [0, 0.05) is 39.3 Å². The van der Waals surface area contributed by atoms with Crippen LogP contribution in [0, 0.1) is 13.8 Å². The number of carbonyl (C=O) groups is 1. The molecule has 8 nitrogen and oxygen atoms in total. The third-order valence-corrected chi connectivity index (χ3v) is 7.20. The normalized spacial score (nSPS) is 18.6. The number of nitrogens with one attached hydrogen (secondary N) is 1. The SMILES string of the molecule is C=C(CCN(CC1=CCC=C(CNC(=O)c2c(C)ncnc2C)C=C1)C1CCCC(=C)C1=N/C=C\CC)OC=NC. The molecule has 0 aliphatic heterocycles. The molecule has 2 aliphatic carbocycles. The van der Waals surface area contributed by atoms with Crippen molar-refractivity contribution < 1.29 is 9.53 Å². The van der Waals surface area contributed by atoms with Crippen LogP contribution in [0.1, 0.15) is 67.2 Å². The second-order valence-electron chi connectivity index (χ2n) is 10.3. The molecule has 0 radical (unpaired) electrons. The van der Waals surface area contributed by atoms with Crippen molar-refractivity contribution in [1.82, 2.24) is 20.2 Å². The standard InChI is InChI=1S/C33H44N6O2/c1-7-8-18-35-32-24(2)11-9-14-30(32)39(19-17-25(3)41-23-34-6)21-29-13-10-12-28(15-16-29)20-36-33(40)31-26(4)37-22-38-27(31)5/h8,12-13,15-16,18,22-23,30H,2-3,7,9-11,14,17,19-21H2,1,4-6H3,(H,36,40)/b18-8-,34-23?,35-32?. The van der Waals surface area contributed by atoms with Crippen molar-refractivity contribution in [3.05, 3.63) is 95.5 Å². The number of aryl methyl sites for hydroxylation is 2. The van der Waals surface area contributed by atoms with Gasteiger partial charge in [-0.25, -0.2) is 9.97 Å². The van der Waals surface area contributed by atoms with Crippen molar-refractivity contribution in [2.24, 2.45) is 9.98 Å². The highest BCUT2D eigenvalue weighted by Crippen LogP contribution is 2.27. The third-order valence-electron chi connectivity index (χ3n) is 7.20. The van der Waals surface area contributed by atoms with E-state index in [2.05, 4.69) is 75.6 Å². The van der Waals surface area contributed by atoms with E-state index < -0.39 is 0 Å². The minimum atomic E-state index is -0.157. The average Bonchev–Trinajstić information content (AvgIpc) is 3.18. The van der Waals surface area contributed by atoms with E-state index in [0.29, 0.717) is 35.7 Å². The number of amides is 1. The zero-order chi connectivity index (χ0) is 29.6. The van der Waals surface area contributed by atoms with E-state index in [4.69, 9.17) is 9.73 Å². The maximum atomic E-state index is 12.8. The minimum Gasteiger partial charge on any atom is -0.451 e. The molecule has 1 atom stereocenters. The molecule has 1 saturated carbocycles. The number of carbonyl (C=O) groups excluding carboxylic acids is 1.